The van der Waals surface area contributed by atoms with Crippen molar-refractivity contribution < 1.29 is 0 Å². The lowest BCUT2D eigenvalue weighted by atomic mass is 10.2. The van der Waals surface area contributed by atoms with Crippen LogP contribution in [0.2, 0.25) is 0 Å². The summed E-state index contributed by atoms with van der Waals surface area (Å²) in [5, 5.41) is 3.05. The fourth-order valence-corrected chi connectivity index (χ4v) is 2.21. The van der Waals surface area contributed by atoms with Gasteiger partial charge in [-0.3, -0.25) is 9.78 Å². The van der Waals surface area contributed by atoms with E-state index in [1.807, 2.05) is 36.4 Å². The highest BCUT2D eigenvalue weighted by Crippen LogP contribution is 2.04. The Morgan fingerprint density at radius 3 is 2.18 bits per heavy atom. The number of hydrogen-bond donors (Lipinski definition) is 2. The lowest BCUT2D eigenvalue weighted by Gasteiger charge is -2.08. The molecule has 2 aromatic carbocycles. The minimum Gasteiger partial charge on any atom is -0.367 e. The van der Waals surface area contributed by atoms with Crippen LogP contribution in [0, 0.1) is 0 Å². The Kier molecular flexibility index (Phi) is 3.87. The molecule has 110 valence electrons. The van der Waals surface area contributed by atoms with Crippen molar-refractivity contribution in [2.75, 3.05) is 5.32 Å². The van der Waals surface area contributed by atoms with E-state index in [1.54, 1.807) is 24.3 Å². The molecule has 1 heterocycles. The van der Waals surface area contributed by atoms with Crippen molar-refractivity contribution in [3.05, 3.63) is 93.1 Å². The second kappa shape index (κ2) is 6.13. The molecular weight excluding hydrogens is 278 g/mol. The van der Waals surface area contributed by atoms with Crippen molar-refractivity contribution in [3.63, 3.8) is 0 Å². The van der Waals surface area contributed by atoms with Gasteiger partial charge in [-0.25, -0.2) is 9.36 Å². The van der Waals surface area contributed by atoms with Gasteiger partial charge in [0.05, 0.1) is 5.69 Å². The fraction of sp³-hybridized carbons (Fsp3) is 0.0588. The van der Waals surface area contributed by atoms with Gasteiger partial charge in [0.25, 0.3) is 5.56 Å². The molecule has 2 N–H and O–H groups in total. The van der Waals surface area contributed by atoms with Crippen LogP contribution in [0.15, 0.2) is 76.3 Å². The molecule has 3 rings (SSSR count). The third-order valence-corrected chi connectivity index (χ3v) is 3.27. The van der Waals surface area contributed by atoms with Crippen LogP contribution in [0.5, 0.6) is 0 Å². The van der Waals surface area contributed by atoms with Gasteiger partial charge in [0.15, 0.2) is 0 Å². The Morgan fingerprint density at radius 2 is 1.55 bits per heavy atom. The summed E-state index contributed by atoms with van der Waals surface area (Å²) in [6.07, 6.45) is 0. The summed E-state index contributed by atoms with van der Waals surface area (Å²) in [7, 11) is 0. The maximum absolute atomic E-state index is 12.2. The average Bonchev–Trinajstić information content (AvgIpc) is 2.54. The number of nitrogens with zero attached hydrogens (tertiary/aromatic N) is 1. The summed E-state index contributed by atoms with van der Waals surface area (Å²) >= 11 is 0. The summed E-state index contributed by atoms with van der Waals surface area (Å²) < 4.78 is 1.10. The lowest BCUT2D eigenvalue weighted by Crippen LogP contribution is -2.33. The van der Waals surface area contributed by atoms with Crippen LogP contribution in [-0.2, 0) is 6.54 Å². The normalized spacial score (nSPS) is 10.4. The maximum Gasteiger partial charge on any atom is 0.334 e. The highest BCUT2D eigenvalue weighted by molar-refractivity contribution is 5.37. The minimum absolute atomic E-state index is 0.370. The fourth-order valence-electron chi connectivity index (χ4n) is 2.21. The number of aromatic nitrogens is 2. The van der Waals surface area contributed by atoms with Crippen molar-refractivity contribution in [1.82, 2.24) is 9.55 Å². The van der Waals surface area contributed by atoms with Crippen LogP contribution < -0.4 is 16.6 Å². The van der Waals surface area contributed by atoms with Crippen LogP contribution in [0.3, 0.4) is 0 Å². The number of H-pyrrole nitrogens is 1. The third kappa shape index (κ3) is 2.98. The van der Waals surface area contributed by atoms with E-state index in [0.29, 0.717) is 18.1 Å². The number of para-hydroxylation sites is 1. The summed E-state index contributed by atoms with van der Waals surface area (Å²) in [5.74, 6) is 0.408. The molecule has 0 aliphatic carbocycles. The standard InChI is InChI=1S/C17H15N3O2/c21-16-11-15(18-12-13-7-3-1-4-8-13)19-17(22)20(16)14-9-5-2-6-10-14/h1-11,18H,12H2,(H,19,22). The molecule has 0 radical (unpaired) electrons. The van der Waals surface area contributed by atoms with Gasteiger partial charge in [0.2, 0.25) is 0 Å². The number of anilines is 1. The van der Waals surface area contributed by atoms with Gasteiger partial charge in [-0.1, -0.05) is 48.5 Å². The van der Waals surface area contributed by atoms with Crippen molar-refractivity contribution in [2.24, 2.45) is 0 Å². The summed E-state index contributed by atoms with van der Waals surface area (Å²) in [6.45, 7) is 0.533. The Hall–Kier alpha value is -3.08. The molecule has 22 heavy (non-hydrogen) atoms. The van der Waals surface area contributed by atoms with E-state index in [4.69, 9.17) is 0 Å². The lowest BCUT2D eigenvalue weighted by molar-refractivity contribution is 0.873. The molecular formula is C17H15N3O2. The number of nitrogens with one attached hydrogen (secondary N) is 2. The van der Waals surface area contributed by atoms with E-state index in [1.165, 1.54) is 6.07 Å². The Morgan fingerprint density at radius 1 is 0.909 bits per heavy atom. The van der Waals surface area contributed by atoms with Crippen molar-refractivity contribution in [2.45, 2.75) is 6.54 Å². The minimum atomic E-state index is -0.464. The first-order chi connectivity index (χ1) is 10.7. The van der Waals surface area contributed by atoms with E-state index in [9.17, 15) is 9.59 Å². The molecule has 5 heteroatoms. The van der Waals surface area contributed by atoms with Gasteiger partial charge in [0, 0.05) is 12.6 Å². The predicted octanol–water partition coefficient (Wildman–Crippen LogP) is 2.14. The molecule has 0 bridgehead atoms. The highest BCUT2D eigenvalue weighted by atomic mass is 16.2. The van der Waals surface area contributed by atoms with E-state index in [0.717, 1.165) is 10.1 Å². The maximum atomic E-state index is 12.2. The van der Waals surface area contributed by atoms with E-state index >= 15 is 0 Å². The Labute approximate surface area is 126 Å². The van der Waals surface area contributed by atoms with Crippen LogP contribution >= 0.6 is 0 Å². The topological polar surface area (TPSA) is 66.9 Å². The van der Waals surface area contributed by atoms with Gasteiger partial charge in [0.1, 0.15) is 5.82 Å². The Bertz CT molecular complexity index is 836. The van der Waals surface area contributed by atoms with Crippen LogP contribution in [0.25, 0.3) is 5.69 Å². The second-order valence-electron chi connectivity index (χ2n) is 4.84. The van der Waals surface area contributed by atoms with Gasteiger partial charge >= 0.3 is 5.69 Å². The first-order valence-corrected chi connectivity index (χ1v) is 6.93. The average molecular weight is 293 g/mol. The summed E-state index contributed by atoms with van der Waals surface area (Å²) in [5.41, 5.74) is 0.777. The van der Waals surface area contributed by atoms with Gasteiger partial charge in [-0.15, -0.1) is 0 Å². The molecule has 0 aliphatic rings. The number of rotatable bonds is 4. The zero-order valence-corrected chi connectivity index (χ0v) is 11.8. The number of aromatic amines is 1. The largest absolute Gasteiger partial charge is 0.367 e. The van der Waals surface area contributed by atoms with Gasteiger partial charge in [-0.2, -0.15) is 0 Å². The second-order valence-corrected chi connectivity index (χ2v) is 4.84. The van der Waals surface area contributed by atoms with Crippen molar-refractivity contribution in [1.29, 1.82) is 0 Å². The van der Waals surface area contributed by atoms with Gasteiger partial charge < -0.3 is 5.32 Å². The van der Waals surface area contributed by atoms with Crippen LogP contribution in [0.4, 0.5) is 5.82 Å². The van der Waals surface area contributed by atoms with Crippen LogP contribution in [0.1, 0.15) is 5.56 Å². The Balaban J connectivity index is 1.87. The zero-order chi connectivity index (χ0) is 15.4. The summed E-state index contributed by atoms with van der Waals surface area (Å²) in [6, 6.07) is 20.0. The number of benzene rings is 2. The SMILES string of the molecule is O=c1cc(NCc2ccccc2)[nH]c(=O)n1-c1ccccc1. The van der Waals surface area contributed by atoms with E-state index < -0.39 is 5.69 Å². The smallest absolute Gasteiger partial charge is 0.334 e. The highest BCUT2D eigenvalue weighted by Gasteiger charge is 2.06. The van der Waals surface area contributed by atoms with E-state index in [2.05, 4.69) is 10.3 Å². The molecule has 0 aliphatic heterocycles. The molecule has 0 amide bonds. The van der Waals surface area contributed by atoms with E-state index in [-0.39, 0.29) is 5.56 Å². The molecule has 0 atom stereocenters. The molecule has 3 aromatic rings. The third-order valence-electron chi connectivity index (χ3n) is 3.27. The molecule has 0 saturated carbocycles. The first-order valence-electron chi connectivity index (χ1n) is 6.93. The monoisotopic (exact) mass is 293 g/mol. The van der Waals surface area contributed by atoms with Crippen molar-refractivity contribution >= 4 is 5.82 Å². The zero-order valence-electron chi connectivity index (χ0n) is 11.8. The van der Waals surface area contributed by atoms with Crippen LogP contribution in [-0.4, -0.2) is 9.55 Å². The molecule has 0 unspecified atom stereocenters. The quantitative estimate of drug-likeness (QED) is 0.774. The molecule has 1 aromatic heterocycles. The summed E-state index contributed by atoms with van der Waals surface area (Å²) in [4.78, 5) is 27.0. The van der Waals surface area contributed by atoms with Gasteiger partial charge in [-0.05, 0) is 17.7 Å². The first kappa shape index (κ1) is 13.9. The molecule has 0 spiro atoms. The van der Waals surface area contributed by atoms with Crippen molar-refractivity contribution in [3.8, 4) is 5.69 Å². The molecule has 0 saturated heterocycles. The molecule has 0 fully saturated rings. The number of hydrogen-bond acceptors (Lipinski definition) is 3. The molecule has 5 nitrogen and oxygen atoms in total. The predicted molar refractivity (Wildman–Crippen MR) is 86.4 cm³/mol.